The lowest BCUT2D eigenvalue weighted by Crippen LogP contribution is -2.46. The molecule has 0 unspecified atom stereocenters. The van der Waals surface area contributed by atoms with E-state index in [4.69, 9.17) is 19.9 Å². The lowest BCUT2D eigenvalue weighted by atomic mass is 10.1. The first-order chi connectivity index (χ1) is 28.6. The van der Waals surface area contributed by atoms with Crippen molar-refractivity contribution in [3.63, 3.8) is 0 Å². The van der Waals surface area contributed by atoms with E-state index < -0.39 is 34.1 Å². The average Bonchev–Trinajstić information content (AvgIpc) is 3.75. The second-order valence-corrected chi connectivity index (χ2v) is 15.0. The van der Waals surface area contributed by atoms with Gasteiger partial charge in [-0.2, -0.15) is 5.10 Å². The number of methoxy groups -OCH3 is 1. The molecule has 320 valence electrons. The number of amides is 3. The van der Waals surface area contributed by atoms with Gasteiger partial charge in [-0.25, -0.2) is 9.78 Å². The van der Waals surface area contributed by atoms with E-state index in [1.54, 1.807) is 52.6 Å². The van der Waals surface area contributed by atoms with Crippen molar-refractivity contribution in [1.82, 2.24) is 29.5 Å². The molecule has 1 saturated heterocycles. The van der Waals surface area contributed by atoms with Gasteiger partial charge in [0.05, 0.1) is 23.2 Å². The molecule has 3 amide bonds. The number of carbonyl (C=O) groups is 4. The molecule has 4 aromatic rings. The number of hydrogen-bond donors (Lipinski definition) is 4. The highest BCUT2D eigenvalue weighted by Crippen LogP contribution is 2.36. The smallest absolute Gasteiger partial charge is 0.407 e. The van der Waals surface area contributed by atoms with Gasteiger partial charge in [-0.1, -0.05) is 24.3 Å². The quantitative estimate of drug-likeness (QED) is 0.0435. The van der Waals surface area contributed by atoms with Gasteiger partial charge in [0, 0.05) is 62.5 Å². The van der Waals surface area contributed by atoms with E-state index in [-0.39, 0.29) is 48.7 Å². The minimum atomic E-state index is -0.852. The first-order valence-electron chi connectivity index (χ1n) is 19.5. The van der Waals surface area contributed by atoms with Crippen LogP contribution in [-0.2, 0) is 17.8 Å². The Bertz CT molecular complexity index is 2280. The van der Waals surface area contributed by atoms with Gasteiger partial charge >= 0.3 is 6.09 Å². The third-order valence-corrected chi connectivity index (χ3v) is 9.43. The lowest BCUT2D eigenvalue weighted by molar-refractivity contribution is -0.384. The summed E-state index contributed by atoms with van der Waals surface area (Å²) in [7, 11) is 1.46. The molecule has 1 aliphatic heterocycles. The van der Waals surface area contributed by atoms with Crippen LogP contribution >= 0.6 is 0 Å². The summed E-state index contributed by atoms with van der Waals surface area (Å²) in [5.41, 5.74) is 6.81. The third kappa shape index (κ3) is 11.5. The first-order valence-corrected chi connectivity index (χ1v) is 19.5. The van der Waals surface area contributed by atoms with Crippen molar-refractivity contribution in [1.29, 1.82) is 0 Å². The van der Waals surface area contributed by atoms with Crippen molar-refractivity contribution >= 4 is 52.6 Å². The number of ether oxygens (including phenoxy) is 3. The molecule has 3 heterocycles. The highest BCUT2D eigenvalue weighted by Gasteiger charge is 2.25. The number of nitro benzene ring substituents is 1. The summed E-state index contributed by atoms with van der Waals surface area (Å²) in [4.78, 5) is 67.8. The molecule has 19 heteroatoms. The molecule has 60 heavy (non-hydrogen) atoms. The Hall–Kier alpha value is -6.76. The van der Waals surface area contributed by atoms with Crippen LogP contribution in [0.4, 0.5) is 22.1 Å². The number of piperidine rings is 1. The van der Waals surface area contributed by atoms with Crippen LogP contribution in [0.1, 0.15) is 77.4 Å². The maximum absolute atomic E-state index is 13.4. The van der Waals surface area contributed by atoms with Crippen LogP contribution in [0.5, 0.6) is 11.5 Å². The van der Waals surface area contributed by atoms with Crippen molar-refractivity contribution < 1.29 is 38.3 Å². The van der Waals surface area contributed by atoms with Crippen LogP contribution < -0.4 is 31.2 Å². The number of primary amides is 1. The highest BCUT2D eigenvalue weighted by atomic mass is 16.6. The second kappa shape index (κ2) is 19.8. The normalized spacial score (nSPS) is 13.8. The number of likely N-dealkylation sites (tertiary alicyclic amines) is 1. The van der Waals surface area contributed by atoms with E-state index in [9.17, 15) is 29.3 Å². The molecule has 1 fully saturated rings. The van der Waals surface area contributed by atoms with E-state index >= 15 is 0 Å². The van der Waals surface area contributed by atoms with Crippen LogP contribution in [0.2, 0.25) is 0 Å². The van der Waals surface area contributed by atoms with Gasteiger partial charge in [0.25, 0.3) is 11.6 Å². The molecule has 5 rings (SSSR count). The zero-order valence-electron chi connectivity index (χ0n) is 34.6. The van der Waals surface area contributed by atoms with Crippen LogP contribution in [0.25, 0.3) is 11.0 Å². The molecule has 0 bridgehead atoms. The van der Waals surface area contributed by atoms with Crippen molar-refractivity contribution in [2.24, 2.45) is 5.73 Å². The molecule has 0 radical (unpaired) electrons. The standard InChI is InChI=1S/C41H52N10O9/c1-7-50-32(20-26(2)47-50)38(54)46-39-45-30-21-27(25-52)22-34(58-6)36(30)49(39)16-9-8-14-43-35-31(51(56)57)23-28(37(42)53)24-33(35)59-19-11-10-15-48-17-12-29(13-18-48)44-40(55)60-41(3,4)5/h8-11,20-25,29,43H,7,12-19H2,1-6H3,(H2,42,53)(H,44,55)(H,45,46,54)/b9-8+,11-10-. The fraction of sp³-hybridized carbons (Fsp3) is 0.415. The van der Waals surface area contributed by atoms with E-state index in [2.05, 4.69) is 30.9 Å². The predicted molar refractivity (Wildman–Crippen MR) is 225 cm³/mol. The largest absolute Gasteiger partial charge is 0.494 e. The van der Waals surface area contributed by atoms with Crippen LogP contribution in [0.3, 0.4) is 0 Å². The number of nitrogens with two attached hydrogens (primary N) is 1. The first kappa shape index (κ1) is 44.3. The zero-order chi connectivity index (χ0) is 43.6. The lowest BCUT2D eigenvalue weighted by Gasteiger charge is -2.32. The second-order valence-electron chi connectivity index (χ2n) is 15.0. The Morgan fingerprint density at radius 1 is 1.03 bits per heavy atom. The van der Waals surface area contributed by atoms with Crippen molar-refractivity contribution in [3.05, 3.63) is 87.3 Å². The van der Waals surface area contributed by atoms with E-state index in [0.29, 0.717) is 53.1 Å². The van der Waals surface area contributed by atoms with Gasteiger partial charge in [-0.15, -0.1) is 0 Å². The summed E-state index contributed by atoms with van der Waals surface area (Å²) in [5, 5.41) is 25.4. The number of hydrogen-bond acceptors (Lipinski definition) is 13. The summed E-state index contributed by atoms with van der Waals surface area (Å²) in [6, 6.07) is 7.31. The number of allylic oxidation sites excluding steroid dienone is 1. The van der Waals surface area contributed by atoms with Gasteiger partial charge in [-0.05, 0) is 71.7 Å². The Morgan fingerprint density at radius 2 is 1.77 bits per heavy atom. The number of aryl methyl sites for hydroxylation is 2. The third-order valence-electron chi connectivity index (χ3n) is 9.43. The average molecular weight is 829 g/mol. The minimum Gasteiger partial charge on any atom is -0.494 e. The number of aldehydes is 1. The maximum Gasteiger partial charge on any atom is 0.407 e. The van der Waals surface area contributed by atoms with E-state index in [0.717, 1.165) is 32.0 Å². The Morgan fingerprint density at radius 3 is 2.42 bits per heavy atom. The van der Waals surface area contributed by atoms with Crippen molar-refractivity contribution in [2.45, 2.75) is 72.2 Å². The summed E-state index contributed by atoms with van der Waals surface area (Å²) < 4.78 is 20.2. The molecular weight excluding hydrogens is 777 g/mol. The van der Waals surface area contributed by atoms with Crippen molar-refractivity contribution in [3.8, 4) is 11.5 Å². The minimum absolute atomic E-state index is 0.0293. The number of fused-ring (bicyclic) bond motifs is 1. The van der Waals surface area contributed by atoms with Gasteiger partial charge in [0.15, 0.2) is 11.4 Å². The number of benzene rings is 2. The Kier molecular flexibility index (Phi) is 14.6. The van der Waals surface area contributed by atoms with Gasteiger partial charge < -0.3 is 35.1 Å². The molecule has 1 aliphatic rings. The van der Waals surface area contributed by atoms with Gasteiger partial charge in [0.2, 0.25) is 11.9 Å². The highest BCUT2D eigenvalue weighted by molar-refractivity contribution is 6.03. The molecule has 2 aromatic carbocycles. The number of alkyl carbamates (subject to hydrolysis) is 1. The maximum atomic E-state index is 13.4. The van der Waals surface area contributed by atoms with Crippen LogP contribution in [0.15, 0.2) is 54.6 Å². The SMILES string of the molecule is CCn1nc(C)cc1C(=O)Nc1nc2cc(C=O)cc(OC)c2n1C/C=C/CNc1c(OC/C=C\CN2CCC(NC(=O)OC(C)(C)C)CC2)cc(C(N)=O)cc1[N+](=O)[O-]. The molecule has 0 spiro atoms. The molecule has 0 atom stereocenters. The zero-order valence-corrected chi connectivity index (χ0v) is 34.6. The molecule has 19 nitrogen and oxygen atoms in total. The predicted octanol–water partition coefficient (Wildman–Crippen LogP) is 5.23. The Labute approximate surface area is 347 Å². The van der Waals surface area contributed by atoms with Crippen LogP contribution in [0, 0.1) is 17.0 Å². The molecular formula is C41H52N10O9. The number of rotatable bonds is 18. The van der Waals surface area contributed by atoms with E-state index in [1.807, 2.05) is 33.8 Å². The fourth-order valence-corrected chi connectivity index (χ4v) is 6.65. The van der Waals surface area contributed by atoms with Crippen molar-refractivity contribution in [2.75, 3.05) is 50.5 Å². The number of anilines is 2. The topological polar surface area (TPSA) is 240 Å². The number of imidazole rings is 1. The van der Waals surface area contributed by atoms with E-state index in [1.165, 1.54) is 13.2 Å². The number of nitrogens with zero attached hydrogens (tertiary/aromatic N) is 6. The van der Waals surface area contributed by atoms with Gasteiger partial charge in [0.1, 0.15) is 35.5 Å². The fourth-order valence-electron chi connectivity index (χ4n) is 6.65. The molecule has 0 aliphatic carbocycles. The summed E-state index contributed by atoms with van der Waals surface area (Å²) in [6.45, 7) is 12.1. The monoisotopic (exact) mass is 828 g/mol. The summed E-state index contributed by atoms with van der Waals surface area (Å²) in [6.07, 6.45) is 9.00. The number of carbonyl (C=O) groups excluding carboxylic acids is 4. The number of nitrogens with one attached hydrogen (secondary N) is 3. The Balaban J connectivity index is 1.27. The molecule has 5 N–H and O–H groups in total. The summed E-state index contributed by atoms with van der Waals surface area (Å²) in [5.74, 6) is -0.668. The van der Waals surface area contributed by atoms with Crippen LogP contribution in [-0.4, -0.2) is 105 Å². The molecule has 2 aromatic heterocycles. The number of nitro groups is 1. The van der Waals surface area contributed by atoms with Gasteiger partial charge in [-0.3, -0.25) is 39.4 Å². The molecule has 0 saturated carbocycles. The number of aromatic nitrogens is 4. The summed E-state index contributed by atoms with van der Waals surface area (Å²) >= 11 is 0.